The lowest BCUT2D eigenvalue weighted by Crippen LogP contribution is -2.56. The normalized spacial score (nSPS) is 29.4. The van der Waals surface area contributed by atoms with E-state index in [4.69, 9.17) is 20.9 Å². The molecule has 2 saturated carbocycles. The third-order valence-corrected chi connectivity index (χ3v) is 5.24. The van der Waals surface area contributed by atoms with Crippen LogP contribution in [-0.4, -0.2) is 59.4 Å². The van der Waals surface area contributed by atoms with Gasteiger partial charge in [-0.2, -0.15) is 0 Å². The molecule has 0 aromatic heterocycles. The maximum Gasteiger partial charge on any atom is 0.407 e. The first-order chi connectivity index (χ1) is 14.0. The Labute approximate surface area is 182 Å². The van der Waals surface area contributed by atoms with Gasteiger partial charge in [0.25, 0.3) is 0 Å². The van der Waals surface area contributed by atoms with Crippen LogP contribution >= 0.6 is 0 Å². The molecule has 0 aromatic rings. The first-order valence-corrected chi connectivity index (χ1v) is 10.3. The quantitative estimate of drug-likeness (QED) is 0.372. The molecule has 0 radical (unpaired) electrons. The van der Waals surface area contributed by atoms with Gasteiger partial charge in [0, 0.05) is 24.9 Å². The fraction of sp³-hybridized carbons (Fsp3) is 0.800. The zero-order chi connectivity index (χ0) is 23.8. The summed E-state index contributed by atoms with van der Waals surface area (Å²) in [4.78, 5) is 48.4. The second kappa shape index (κ2) is 8.18. The molecule has 4 atom stereocenters. The topological polar surface area (TPSA) is 175 Å². The van der Waals surface area contributed by atoms with Crippen molar-refractivity contribution in [2.45, 2.75) is 76.7 Å². The fourth-order valence-electron chi connectivity index (χ4n) is 3.33. The maximum absolute atomic E-state index is 12.7. The van der Waals surface area contributed by atoms with Gasteiger partial charge >= 0.3 is 12.2 Å². The van der Waals surface area contributed by atoms with E-state index < -0.39 is 46.3 Å². The molecule has 0 saturated heterocycles. The Morgan fingerprint density at radius 2 is 1.32 bits per heavy atom. The summed E-state index contributed by atoms with van der Waals surface area (Å²) in [6.07, 6.45) is -0.563. The first kappa shape index (κ1) is 24.7. The van der Waals surface area contributed by atoms with Crippen molar-refractivity contribution >= 4 is 24.0 Å². The molecule has 11 heteroatoms. The van der Waals surface area contributed by atoms with Crippen LogP contribution < -0.4 is 27.4 Å². The van der Waals surface area contributed by atoms with E-state index in [1.54, 1.807) is 41.5 Å². The molecule has 176 valence electrons. The van der Waals surface area contributed by atoms with Gasteiger partial charge < -0.3 is 36.9 Å². The lowest BCUT2D eigenvalue weighted by atomic mass is 10.1. The number of nitrogens with two attached hydrogens (primary N) is 2. The summed E-state index contributed by atoms with van der Waals surface area (Å²) < 4.78 is 10.3. The molecule has 2 rings (SSSR count). The van der Waals surface area contributed by atoms with E-state index in [0.717, 1.165) is 0 Å². The van der Waals surface area contributed by atoms with Gasteiger partial charge in [0.2, 0.25) is 11.8 Å². The third-order valence-electron chi connectivity index (χ3n) is 5.24. The Hall–Kier alpha value is -2.56. The van der Waals surface area contributed by atoms with Crippen molar-refractivity contribution in [3.05, 3.63) is 0 Å². The Bertz CT molecular complexity index is 758. The summed E-state index contributed by atoms with van der Waals surface area (Å²) in [7, 11) is 0. The van der Waals surface area contributed by atoms with Gasteiger partial charge in [-0.25, -0.2) is 9.59 Å². The number of primary amides is 1. The van der Waals surface area contributed by atoms with Gasteiger partial charge in [-0.05, 0) is 54.4 Å². The minimum absolute atomic E-state index is 0.124. The van der Waals surface area contributed by atoms with Crippen LogP contribution in [0.4, 0.5) is 9.59 Å². The molecule has 0 aromatic carbocycles. The molecular formula is C20H35N5O6. The highest BCUT2D eigenvalue weighted by Crippen LogP contribution is 2.46. The van der Waals surface area contributed by atoms with Crippen LogP contribution in [-0.2, 0) is 19.1 Å². The molecule has 31 heavy (non-hydrogen) atoms. The molecule has 7 N–H and O–H groups in total. The summed E-state index contributed by atoms with van der Waals surface area (Å²) in [5, 5.41) is 7.86. The first-order valence-electron chi connectivity index (χ1n) is 10.3. The standard InChI is InChI=1S/C20H35N5O6/c1-17(2,3)30-15(28)23-9-11-7-19(11,22)14(27)25-20(13(21)26)8-12(20)10-24-16(29)31-18(4,5)6/h11-12H,7-10,22H2,1-6H3,(H2,21,26)(H,23,28)(H,24,29)(H,25,27). The predicted molar refractivity (Wildman–Crippen MR) is 112 cm³/mol. The second-order valence-corrected chi connectivity index (χ2v) is 10.4. The van der Waals surface area contributed by atoms with E-state index in [2.05, 4.69) is 16.0 Å². The Morgan fingerprint density at radius 3 is 1.74 bits per heavy atom. The van der Waals surface area contributed by atoms with Crippen LogP contribution in [0.3, 0.4) is 0 Å². The zero-order valence-corrected chi connectivity index (χ0v) is 19.1. The minimum atomic E-state index is -1.26. The highest BCUT2D eigenvalue weighted by Gasteiger charge is 2.64. The number of carbonyl (C=O) groups is 4. The summed E-state index contributed by atoms with van der Waals surface area (Å²) in [5.74, 6) is -1.85. The van der Waals surface area contributed by atoms with Gasteiger partial charge in [-0.15, -0.1) is 0 Å². The molecule has 0 spiro atoms. The van der Waals surface area contributed by atoms with Gasteiger partial charge in [0.15, 0.2) is 0 Å². The van der Waals surface area contributed by atoms with Crippen LogP contribution in [0.1, 0.15) is 54.4 Å². The van der Waals surface area contributed by atoms with Gasteiger partial charge in [-0.3, -0.25) is 9.59 Å². The number of carbonyl (C=O) groups excluding carboxylic acids is 4. The average Bonchev–Trinajstić information content (AvgIpc) is 3.44. The van der Waals surface area contributed by atoms with Crippen molar-refractivity contribution in [1.82, 2.24) is 16.0 Å². The molecule has 2 aliphatic carbocycles. The number of alkyl carbamates (subject to hydrolysis) is 2. The van der Waals surface area contributed by atoms with Crippen molar-refractivity contribution in [3.63, 3.8) is 0 Å². The van der Waals surface area contributed by atoms with Crippen LogP contribution in [0.2, 0.25) is 0 Å². The van der Waals surface area contributed by atoms with Crippen LogP contribution in [0.25, 0.3) is 0 Å². The van der Waals surface area contributed by atoms with E-state index in [0.29, 0.717) is 12.8 Å². The summed E-state index contributed by atoms with van der Waals surface area (Å²) in [5.41, 5.74) is 7.95. The summed E-state index contributed by atoms with van der Waals surface area (Å²) in [6.45, 7) is 10.8. The van der Waals surface area contributed by atoms with Crippen molar-refractivity contribution in [2.24, 2.45) is 23.3 Å². The fourth-order valence-corrected chi connectivity index (χ4v) is 3.33. The van der Waals surface area contributed by atoms with Crippen molar-refractivity contribution < 1.29 is 28.7 Å². The third kappa shape index (κ3) is 6.46. The van der Waals surface area contributed by atoms with Crippen LogP contribution in [0.5, 0.6) is 0 Å². The van der Waals surface area contributed by atoms with Crippen molar-refractivity contribution in [2.75, 3.05) is 13.1 Å². The Morgan fingerprint density at radius 1 is 0.871 bits per heavy atom. The number of hydrogen-bond donors (Lipinski definition) is 5. The van der Waals surface area contributed by atoms with Gasteiger partial charge in [0.1, 0.15) is 22.3 Å². The Kier molecular flexibility index (Phi) is 6.52. The maximum atomic E-state index is 12.7. The lowest BCUT2D eigenvalue weighted by Gasteiger charge is -2.22. The minimum Gasteiger partial charge on any atom is -0.444 e. The van der Waals surface area contributed by atoms with E-state index in [9.17, 15) is 19.2 Å². The molecular weight excluding hydrogens is 406 g/mol. The van der Waals surface area contributed by atoms with E-state index in [1.165, 1.54) is 0 Å². The second-order valence-electron chi connectivity index (χ2n) is 10.4. The van der Waals surface area contributed by atoms with Gasteiger partial charge in [0.05, 0.1) is 0 Å². The monoisotopic (exact) mass is 441 g/mol. The largest absolute Gasteiger partial charge is 0.444 e. The number of amides is 4. The highest BCUT2D eigenvalue weighted by atomic mass is 16.6. The summed E-state index contributed by atoms with van der Waals surface area (Å²) in [6, 6.07) is 0. The van der Waals surface area contributed by atoms with Gasteiger partial charge in [-0.1, -0.05) is 0 Å². The highest BCUT2D eigenvalue weighted by molar-refractivity contribution is 5.98. The average molecular weight is 442 g/mol. The Balaban J connectivity index is 1.85. The number of hydrogen-bond acceptors (Lipinski definition) is 7. The molecule has 2 fully saturated rings. The molecule has 4 unspecified atom stereocenters. The molecule has 0 heterocycles. The number of nitrogens with one attached hydrogen (secondary N) is 3. The molecule has 0 aliphatic heterocycles. The van der Waals surface area contributed by atoms with E-state index >= 15 is 0 Å². The SMILES string of the molecule is CC(C)(C)OC(=O)NCC1CC1(N)C(=O)NC1(C(N)=O)CC1CNC(=O)OC(C)(C)C. The lowest BCUT2D eigenvalue weighted by molar-refractivity contribution is -0.130. The molecule has 4 amide bonds. The van der Waals surface area contributed by atoms with Crippen molar-refractivity contribution in [1.29, 1.82) is 0 Å². The summed E-state index contributed by atoms with van der Waals surface area (Å²) >= 11 is 0. The van der Waals surface area contributed by atoms with Crippen LogP contribution in [0.15, 0.2) is 0 Å². The van der Waals surface area contributed by atoms with E-state index in [-0.39, 0.29) is 24.9 Å². The molecule has 0 bridgehead atoms. The van der Waals surface area contributed by atoms with E-state index in [1.807, 2.05) is 0 Å². The zero-order valence-electron chi connectivity index (χ0n) is 19.1. The predicted octanol–water partition coefficient (Wildman–Crippen LogP) is 0.113. The molecule has 11 nitrogen and oxygen atoms in total. The smallest absolute Gasteiger partial charge is 0.407 e. The van der Waals surface area contributed by atoms with Crippen LogP contribution in [0, 0.1) is 11.8 Å². The number of ether oxygens (including phenoxy) is 2. The number of rotatable bonds is 7. The molecule has 2 aliphatic rings. The van der Waals surface area contributed by atoms with Crippen molar-refractivity contribution in [3.8, 4) is 0 Å².